The average Bonchev–Trinajstić information content (AvgIpc) is 3.36. The molecule has 27 heavy (non-hydrogen) atoms. The zero-order chi connectivity index (χ0) is 18.6. The van der Waals surface area contributed by atoms with Gasteiger partial charge in [0.05, 0.1) is 28.0 Å². The van der Waals surface area contributed by atoms with Crippen LogP contribution >= 0.6 is 22.9 Å². The monoisotopic (exact) mass is 403 g/mol. The number of hydrogen-bond donors (Lipinski definition) is 2. The third kappa shape index (κ3) is 4.45. The quantitative estimate of drug-likeness (QED) is 0.677. The molecule has 7 nitrogen and oxygen atoms in total. The molecular weight excluding hydrogens is 386 g/mol. The van der Waals surface area contributed by atoms with Crippen molar-refractivity contribution in [3.8, 4) is 16.6 Å². The fourth-order valence-electron chi connectivity index (χ4n) is 3.09. The topological polar surface area (TPSA) is 92.8 Å². The zero-order valence-electron chi connectivity index (χ0n) is 14.4. The molecule has 3 aromatic heterocycles. The molecule has 1 fully saturated rings. The van der Waals surface area contributed by atoms with Crippen LogP contribution in [0.25, 0.3) is 10.6 Å². The molecule has 0 radical (unpaired) electrons. The molecule has 0 unspecified atom stereocenters. The Hall–Kier alpha value is -2.45. The van der Waals surface area contributed by atoms with E-state index in [0.717, 1.165) is 36.3 Å². The minimum absolute atomic E-state index is 0.0511. The molecule has 2 N–H and O–H groups in total. The van der Waals surface area contributed by atoms with Crippen molar-refractivity contribution in [1.29, 1.82) is 0 Å². The van der Waals surface area contributed by atoms with Crippen molar-refractivity contribution in [2.45, 2.75) is 37.8 Å². The van der Waals surface area contributed by atoms with Gasteiger partial charge in [0.15, 0.2) is 5.69 Å². The molecule has 4 rings (SSSR count). The highest BCUT2D eigenvalue weighted by atomic mass is 35.5. The number of carbonyl (C=O) groups excluding carboxylic acids is 1. The number of halogens is 1. The minimum Gasteiger partial charge on any atom is -0.460 e. The maximum Gasteiger partial charge on any atom is 0.316 e. The lowest BCUT2D eigenvalue weighted by Gasteiger charge is -2.28. The van der Waals surface area contributed by atoms with Crippen LogP contribution in [0.4, 0.5) is 0 Å². The summed E-state index contributed by atoms with van der Waals surface area (Å²) in [5, 5.41) is 12.6. The largest absolute Gasteiger partial charge is 0.460 e. The summed E-state index contributed by atoms with van der Waals surface area (Å²) in [7, 11) is 0. The highest BCUT2D eigenvalue weighted by molar-refractivity contribution is 7.13. The number of amides is 1. The van der Waals surface area contributed by atoms with Gasteiger partial charge in [-0.15, -0.1) is 11.3 Å². The first kappa shape index (κ1) is 17.9. The summed E-state index contributed by atoms with van der Waals surface area (Å²) in [6.07, 6.45) is 6.43. The fourth-order valence-corrected chi connectivity index (χ4v) is 3.88. The lowest BCUT2D eigenvalue weighted by molar-refractivity contribution is 0.0880. The van der Waals surface area contributed by atoms with Crippen molar-refractivity contribution in [3.63, 3.8) is 0 Å². The summed E-state index contributed by atoms with van der Waals surface area (Å²) in [5.41, 5.74) is 1.27. The smallest absolute Gasteiger partial charge is 0.316 e. The van der Waals surface area contributed by atoms with E-state index < -0.39 is 0 Å². The highest BCUT2D eigenvalue weighted by Crippen LogP contribution is 2.24. The Bertz CT molecular complexity index is 889. The van der Waals surface area contributed by atoms with E-state index in [1.165, 1.54) is 12.4 Å². The van der Waals surface area contributed by atoms with Gasteiger partial charge in [0.25, 0.3) is 5.91 Å². The number of H-pyrrole nitrogens is 1. The van der Waals surface area contributed by atoms with E-state index in [0.29, 0.717) is 16.7 Å². The van der Waals surface area contributed by atoms with Crippen LogP contribution in [0.15, 0.2) is 36.0 Å². The van der Waals surface area contributed by atoms with Gasteiger partial charge in [-0.25, -0.2) is 9.97 Å². The second kappa shape index (κ2) is 8.06. The standard InChI is InChI=1S/C18H18ClN5O2S/c19-11-9-20-18(21-10-11)26-13-5-3-12(4-6-13)22-17(25)15-8-14(23-24-15)16-2-1-7-27-16/h1-2,7-10,12-13H,3-6H2,(H,22,25)(H,23,24). The summed E-state index contributed by atoms with van der Waals surface area (Å²) in [6.45, 7) is 0. The SMILES string of the molecule is O=C(NC1CCC(Oc2ncc(Cl)cn2)CC1)c1cc(-c2cccs2)[nH]n1. The van der Waals surface area contributed by atoms with Gasteiger partial charge in [0, 0.05) is 6.04 Å². The van der Waals surface area contributed by atoms with Gasteiger partial charge in [0.1, 0.15) is 6.10 Å². The molecule has 0 saturated heterocycles. The molecule has 140 valence electrons. The Labute approximate surface area is 165 Å². The Morgan fingerprint density at radius 2 is 2.04 bits per heavy atom. The number of carbonyl (C=O) groups is 1. The molecule has 0 aliphatic heterocycles. The summed E-state index contributed by atoms with van der Waals surface area (Å²) < 4.78 is 5.78. The van der Waals surface area contributed by atoms with Crippen LogP contribution < -0.4 is 10.1 Å². The molecule has 0 aromatic carbocycles. The molecule has 1 saturated carbocycles. The van der Waals surface area contributed by atoms with Crippen LogP contribution in [0.5, 0.6) is 6.01 Å². The first-order valence-electron chi connectivity index (χ1n) is 8.72. The predicted molar refractivity (Wildman–Crippen MR) is 103 cm³/mol. The molecule has 1 amide bonds. The molecule has 1 aliphatic carbocycles. The Kier molecular flexibility index (Phi) is 5.35. The second-order valence-electron chi connectivity index (χ2n) is 6.39. The van der Waals surface area contributed by atoms with Gasteiger partial charge < -0.3 is 10.1 Å². The van der Waals surface area contributed by atoms with E-state index in [1.807, 2.05) is 17.5 Å². The van der Waals surface area contributed by atoms with Crippen molar-refractivity contribution in [2.75, 3.05) is 0 Å². The van der Waals surface area contributed by atoms with Crippen LogP contribution in [0.2, 0.25) is 5.02 Å². The van der Waals surface area contributed by atoms with Gasteiger partial charge in [-0.05, 0) is 43.2 Å². The number of rotatable bonds is 5. The van der Waals surface area contributed by atoms with Crippen molar-refractivity contribution in [3.05, 3.63) is 46.7 Å². The Balaban J connectivity index is 1.27. The molecule has 0 bridgehead atoms. The van der Waals surface area contributed by atoms with E-state index in [4.69, 9.17) is 16.3 Å². The molecule has 3 heterocycles. The lowest BCUT2D eigenvalue weighted by atomic mass is 9.93. The van der Waals surface area contributed by atoms with Crippen LogP contribution in [0, 0.1) is 0 Å². The fraction of sp³-hybridized carbons (Fsp3) is 0.333. The Morgan fingerprint density at radius 1 is 1.26 bits per heavy atom. The predicted octanol–water partition coefficient (Wildman–Crippen LogP) is 3.70. The third-order valence-electron chi connectivity index (χ3n) is 4.48. The molecule has 0 spiro atoms. The summed E-state index contributed by atoms with van der Waals surface area (Å²) in [4.78, 5) is 21.6. The number of aromatic nitrogens is 4. The lowest BCUT2D eigenvalue weighted by Crippen LogP contribution is -2.40. The number of nitrogens with one attached hydrogen (secondary N) is 2. The molecule has 1 aliphatic rings. The maximum atomic E-state index is 12.4. The van der Waals surface area contributed by atoms with Crippen LogP contribution in [-0.4, -0.2) is 38.2 Å². The Morgan fingerprint density at radius 3 is 2.74 bits per heavy atom. The summed E-state index contributed by atoms with van der Waals surface area (Å²) >= 11 is 7.38. The highest BCUT2D eigenvalue weighted by Gasteiger charge is 2.25. The van der Waals surface area contributed by atoms with Crippen molar-refractivity contribution >= 4 is 28.8 Å². The zero-order valence-corrected chi connectivity index (χ0v) is 16.0. The number of thiophene rings is 1. The van der Waals surface area contributed by atoms with Crippen molar-refractivity contribution < 1.29 is 9.53 Å². The minimum atomic E-state index is -0.153. The number of nitrogens with zero attached hydrogens (tertiary/aromatic N) is 3. The van der Waals surface area contributed by atoms with Gasteiger partial charge in [-0.1, -0.05) is 17.7 Å². The normalized spacial score (nSPS) is 19.6. The van der Waals surface area contributed by atoms with Crippen LogP contribution in [0.1, 0.15) is 36.2 Å². The number of ether oxygens (including phenoxy) is 1. The van der Waals surface area contributed by atoms with E-state index in [-0.39, 0.29) is 18.1 Å². The van der Waals surface area contributed by atoms with Crippen molar-refractivity contribution in [2.24, 2.45) is 0 Å². The maximum absolute atomic E-state index is 12.4. The van der Waals surface area contributed by atoms with E-state index >= 15 is 0 Å². The van der Waals surface area contributed by atoms with Gasteiger partial charge in [-0.3, -0.25) is 9.89 Å². The second-order valence-corrected chi connectivity index (χ2v) is 7.78. The number of aromatic amines is 1. The van der Waals surface area contributed by atoms with E-state index in [9.17, 15) is 4.79 Å². The molecular formula is C18H18ClN5O2S. The molecule has 9 heteroatoms. The third-order valence-corrected chi connectivity index (χ3v) is 5.57. The molecule has 3 aromatic rings. The van der Waals surface area contributed by atoms with Gasteiger partial charge >= 0.3 is 6.01 Å². The van der Waals surface area contributed by atoms with Crippen molar-refractivity contribution in [1.82, 2.24) is 25.5 Å². The van der Waals surface area contributed by atoms with Crippen LogP contribution in [0.3, 0.4) is 0 Å². The van der Waals surface area contributed by atoms with Gasteiger partial charge in [0.2, 0.25) is 0 Å². The van der Waals surface area contributed by atoms with Gasteiger partial charge in [-0.2, -0.15) is 5.10 Å². The summed E-state index contributed by atoms with van der Waals surface area (Å²) in [5.74, 6) is -0.153. The first-order valence-corrected chi connectivity index (χ1v) is 9.97. The van der Waals surface area contributed by atoms with E-state index in [1.54, 1.807) is 17.4 Å². The first-order chi connectivity index (χ1) is 13.2. The average molecular weight is 404 g/mol. The van der Waals surface area contributed by atoms with Crippen LogP contribution in [-0.2, 0) is 0 Å². The molecule has 0 atom stereocenters. The number of hydrogen-bond acceptors (Lipinski definition) is 6. The summed E-state index contributed by atoms with van der Waals surface area (Å²) in [6, 6.07) is 6.20. The van der Waals surface area contributed by atoms with E-state index in [2.05, 4.69) is 25.5 Å².